The number of benzene rings is 3. The summed E-state index contributed by atoms with van der Waals surface area (Å²) in [4.78, 5) is 26.7. The standard InChI is InChI=1S/C18H23N3OSSi.C17H21N3OSSi.C13H11N3OS/c1-18(2,3)24(5)22-13-7-8-14-15(10-13)23-17(21-14)12-6-9-16(19-4)20-11-12;1-17(2,3)23(4)21-12-6-7-13-14(9-12)22-16(20-13)11-5-8-15(18)19-10-11;1-14-12-5-2-8(7-15-12)13-16-10-4-3-9(17)6-11(10)18-13/h6-11,24H,1-5H3,(H,19,20);5-10,23H,1-4H3,(H2,18,19);2-7,17H,1H3,(H,14,15)/i4-1;;1-1. The predicted molar refractivity (Wildman–Crippen MR) is 280 cm³/mol. The van der Waals surface area contributed by atoms with Crippen LogP contribution in [-0.4, -0.2) is 67.2 Å². The predicted octanol–water partition coefficient (Wildman–Crippen LogP) is 12.5. The van der Waals surface area contributed by atoms with Crippen LogP contribution in [0.1, 0.15) is 41.5 Å². The van der Waals surface area contributed by atoms with E-state index in [0.717, 1.165) is 85.5 Å². The second kappa shape index (κ2) is 20.0. The lowest BCUT2D eigenvalue weighted by atomic mass is 10.2. The summed E-state index contributed by atoms with van der Waals surface area (Å²) in [6, 6.07) is 29.2. The van der Waals surface area contributed by atoms with Gasteiger partial charge in [-0.25, -0.2) is 29.9 Å². The number of pyridine rings is 3. The molecule has 17 heteroatoms. The normalized spacial score (nSPS) is 12.5. The number of aromatic hydroxyl groups is 1. The van der Waals surface area contributed by atoms with Crippen molar-refractivity contribution < 1.29 is 14.0 Å². The van der Waals surface area contributed by atoms with Crippen LogP contribution in [0.3, 0.4) is 0 Å². The van der Waals surface area contributed by atoms with E-state index in [1.165, 1.54) is 0 Å². The van der Waals surface area contributed by atoms with Gasteiger partial charge in [-0.3, -0.25) is 0 Å². The highest BCUT2D eigenvalue weighted by Crippen LogP contribution is 2.37. The van der Waals surface area contributed by atoms with Crippen molar-refractivity contribution in [2.24, 2.45) is 0 Å². The molecule has 0 radical (unpaired) electrons. The minimum Gasteiger partial charge on any atom is -0.546 e. The monoisotopic (exact) mass is 955 g/mol. The maximum atomic E-state index is 9.44. The number of hydrogen-bond acceptors (Lipinski definition) is 15. The Kier molecular flexibility index (Phi) is 14.5. The van der Waals surface area contributed by atoms with Crippen molar-refractivity contribution in [3.8, 4) is 49.0 Å². The maximum absolute atomic E-state index is 9.44. The maximum Gasteiger partial charge on any atom is 0.237 e. The molecule has 0 fully saturated rings. The van der Waals surface area contributed by atoms with Gasteiger partial charge in [0.15, 0.2) is 0 Å². The van der Waals surface area contributed by atoms with E-state index in [2.05, 4.69) is 102 Å². The molecule has 0 spiro atoms. The fraction of sp³-hybridized carbons (Fsp3) is 0.250. The van der Waals surface area contributed by atoms with Gasteiger partial charge in [-0.05, 0) is 114 Å². The van der Waals surface area contributed by atoms with E-state index < -0.39 is 18.1 Å². The van der Waals surface area contributed by atoms with Gasteiger partial charge < -0.3 is 30.3 Å². The van der Waals surface area contributed by atoms with Crippen LogP contribution in [0.2, 0.25) is 23.2 Å². The number of anilines is 3. The molecule has 6 aromatic heterocycles. The quantitative estimate of drug-likeness (QED) is 0.101. The molecule has 2 atom stereocenters. The van der Waals surface area contributed by atoms with Crippen LogP contribution in [0.15, 0.2) is 110 Å². The Morgan fingerprint density at radius 3 is 1.26 bits per heavy atom. The van der Waals surface area contributed by atoms with Gasteiger partial charge in [0.25, 0.3) is 0 Å². The van der Waals surface area contributed by atoms with Gasteiger partial charge in [-0.15, -0.1) is 34.0 Å². The van der Waals surface area contributed by atoms with E-state index >= 15 is 0 Å². The number of thiazole rings is 3. The zero-order chi connectivity index (χ0) is 46.5. The highest BCUT2D eigenvalue weighted by molar-refractivity contribution is 7.22. The van der Waals surface area contributed by atoms with Gasteiger partial charge in [-0.1, -0.05) is 41.5 Å². The third kappa shape index (κ3) is 12.0. The van der Waals surface area contributed by atoms with E-state index in [0.29, 0.717) is 5.82 Å². The lowest BCUT2D eigenvalue weighted by Gasteiger charge is -2.26. The summed E-state index contributed by atoms with van der Waals surface area (Å²) in [5, 5.41) is 18.8. The summed E-state index contributed by atoms with van der Waals surface area (Å²) < 4.78 is 15.7. The molecule has 0 aliphatic heterocycles. The van der Waals surface area contributed by atoms with Gasteiger partial charge in [0.2, 0.25) is 18.1 Å². The smallest absolute Gasteiger partial charge is 0.237 e. The number of phenolic OH excluding ortho intramolecular Hbond substituents is 1. The molecule has 2 unspecified atom stereocenters. The third-order valence-corrected chi connectivity index (χ3v) is 20.1. The molecule has 0 saturated carbocycles. The summed E-state index contributed by atoms with van der Waals surface area (Å²) >= 11 is 4.87. The minimum absolute atomic E-state index is 0.240. The number of nitrogen functional groups attached to an aromatic ring is 1. The molecule has 0 amide bonds. The Bertz CT molecular complexity index is 3000. The summed E-state index contributed by atoms with van der Waals surface area (Å²) in [6.07, 6.45) is 5.41. The first-order valence-electron chi connectivity index (χ1n) is 21.2. The molecule has 9 rings (SSSR count). The number of aromatic nitrogens is 6. The molecule has 6 heterocycles. The zero-order valence-electron chi connectivity index (χ0n) is 38.3. The highest BCUT2D eigenvalue weighted by Gasteiger charge is 2.26. The molecular weight excluding hydrogens is 901 g/mol. The zero-order valence-corrected chi connectivity index (χ0v) is 43.1. The Morgan fingerprint density at radius 2 is 0.908 bits per heavy atom. The van der Waals surface area contributed by atoms with Crippen molar-refractivity contribution in [2.45, 2.75) is 64.7 Å². The third-order valence-electron chi connectivity index (χ3n) is 10.7. The van der Waals surface area contributed by atoms with Gasteiger partial charge >= 0.3 is 0 Å². The fourth-order valence-electron chi connectivity index (χ4n) is 5.87. The number of nitrogens with two attached hydrogens (primary N) is 1. The molecule has 0 aliphatic rings. The number of nitrogens with one attached hydrogen (secondary N) is 2. The van der Waals surface area contributed by atoms with Crippen LogP contribution in [0.4, 0.5) is 17.5 Å². The van der Waals surface area contributed by atoms with Crippen LogP contribution in [0.5, 0.6) is 17.2 Å². The summed E-state index contributed by atoms with van der Waals surface area (Å²) in [6.45, 7) is 17.9. The topological polar surface area (TPSA) is 166 Å². The molecule has 9 aromatic rings. The first kappa shape index (κ1) is 47.0. The number of phenols is 1. The molecule has 65 heavy (non-hydrogen) atoms. The molecule has 12 nitrogen and oxygen atoms in total. The molecule has 0 saturated heterocycles. The van der Waals surface area contributed by atoms with Crippen molar-refractivity contribution in [1.82, 2.24) is 29.9 Å². The van der Waals surface area contributed by atoms with E-state index in [1.54, 1.807) is 64.6 Å². The second-order valence-electron chi connectivity index (χ2n) is 17.6. The molecule has 0 aliphatic carbocycles. The first-order chi connectivity index (χ1) is 30.9. The fourth-order valence-corrected chi connectivity index (χ4v) is 10.6. The van der Waals surface area contributed by atoms with Crippen molar-refractivity contribution in [3.63, 3.8) is 0 Å². The second-order valence-corrected chi connectivity index (χ2v) is 27.2. The molecule has 5 N–H and O–H groups in total. The first-order valence-corrected chi connectivity index (χ1v) is 28.1. The van der Waals surface area contributed by atoms with Crippen LogP contribution in [0, 0.1) is 0 Å². The SMILES string of the molecule is C[SiH](Oc1ccc2nc(-c3ccc(N)nc3)sc2c1)C(C)(C)C.C[SiH](Oc1ccc2nc(-c3ccc(N[11CH3])nc3)sc2c1)C(C)(C)C.[11CH3]Nc1ccc(-c2nc3ccc(O)cc3s2)cn1. The van der Waals surface area contributed by atoms with Crippen molar-refractivity contribution in [2.75, 3.05) is 30.5 Å². The molecular formula is C48H55N9O3S3Si2. The number of nitrogens with zero attached hydrogens (tertiary/aromatic N) is 6. The van der Waals surface area contributed by atoms with Crippen molar-refractivity contribution >= 4 is 100 Å². The largest absolute Gasteiger partial charge is 0.546 e. The van der Waals surface area contributed by atoms with E-state index in [4.69, 9.17) is 19.6 Å². The minimum atomic E-state index is -1.30. The van der Waals surface area contributed by atoms with Crippen LogP contribution >= 0.6 is 34.0 Å². The Morgan fingerprint density at radius 1 is 0.523 bits per heavy atom. The summed E-state index contributed by atoms with van der Waals surface area (Å²) in [5.74, 6) is 4.37. The van der Waals surface area contributed by atoms with Gasteiger partial charge in [-0.2, -0.15) is 0 Å². The van der Waals surface area contributed by atoms with Crippen LogP contribution < -0.4 is 25.2 Å². The lowest BCUT2D eigenvalue weighted by Crippen LogP contribution is -2.28. The molecule has 0 bridgehead atoms. The molecule has 3 aromatic carbocycles. The average molecular weight is 956 g/mol. The lowest BCUT2D eigenvalue weighted by molar-refractivity contribution is 0.476. The summed E-state index contributed by atoms with van der Waals surface area (Å²) in [5.41, 5.74) is 11.5. The van der Waals surface area contributed by atoms with E-state index in [1.807, 2.05) is 81.0 Å². The van der Waals surface area contributed by atoms with E-state index in [-0.39, 0.29) is 15.8 Å². The summed E-state index contributed by atoms with van der Waals surface area (Å²) in [7, 11) is 1.11. The van der Waals surface area contributed by atoms with Crippen molar-refractivity contribution in [1.29, 1.82) is 0 Å². The highest BCUT2D eigenvalue weighted by atomic mass is 32.1. The van der Waals surface area contributed by atoms with E-state index in [9.17, 15) is 5.11 Å². The van der Waals surface area contributed by atoms with Crippen LogP contribution in [-0.2, 0) is 0 Å². The van der Waals surface area contributed by atoms with Gasteiger partial charge in [0.05, 0.1) is 30.6 Å². The van der Waals surface area contributed by atoms with Crippen LogP contribution in [0.25, 0.3) is 62.4 Å². The average Bonchev–Trinajstić information content (AvgIpc) is 4.03. The Labute approximate surface area is 395 Å². The number of rotatable bonds is 9. The van der Waals surface area contributed by atoms with Gasteiger partial charge in [0, 0.05) is 49.4 Å². The molecule has 336 valence electrons. The Balaban J connectivity index is 0.000000147. The number of hydrogen-bond donors (Lipinski definition) is 4. The van der Waals surface area contributed by atoms with Gasteiger partial charge in [0.1, 0.15) is 49.7 Å². The number of fused-ring (bicyclic) bond motifs is 3. The Hall–Kier alpha value is -5.99. The van der Waals surface area contributed by atoms with Crippen molar-refractivity contribution in [3.05, 3.63) is 110 Å².